The van der Waals surface area contributed by atoms with Crippen molar-refractivity contribution < 1.29 is 14.3 Å². The van der Waals surface area contributed by atoms with Gasteiger partial charge in [0.1, 0.15) is 6.04 Å². The van der Waals surface area contributed by atoms with E-state index in [1.807, 2.05) is 0 Å². The standard InChI is InChI=1S/C15H29NO3Si/c1-4-20(5-2,6-3)12-8-7-9-14(17)16-13-10-11-19-15(13)18/h13H,4-12H2,1-3H3,(H,16,17)/t13-/m0/s1. The molecule has 0 saturated carbocycles. The first-order valence-corrected chi connectivity index (χ1v) is 10.9. The van der Waals surface area contributed by atoms with Crippen LogP contribution in [0.4, 0.5) is 0 Å². The normalized spacial score (nSPS) is 18.9. The van der Waals surface area contributed by atoms with Crippen LogP contribution < -0.4 is 5.32 Å². The summed E-state index contributed by atoms with van der Waals surface area (Å²) in [5.74, 6) is -0.293. The second-order valence-electron chi connectivity index (χ2n) is 5.84. The Balaban J connectivity index is 2.20. The number of amides is 1. The Morgan fingerprint density at radius 1 is 1.25 bits per heavy atom. The maximum Gasteiger partial charge on any atom is 0.328 e. The summed E-state index contributed by atoms with van der Waals surface area (Å²) in [6, 6.07) is 4.97. The predicted octanol–water partition coefficient (Wildman–Crippen LogP) is 3.10. The number of hydrogen-bond donors (Lipinski definition) is 1. The van der Waals surface area contributed by atoms with Crippen molar-refractivity contribution in [2.45, 2.75) is 76.7 Å². The minimum Gasteiger partial charge on any atom is -0.464 e. The van der Waals surface area contributed by atoms with Gasteiger partial charge < -0.3 is 10.1 Å². The lowest BCUT2D eigenvalue weighted by Gasteiger charge is -2.27. The highest BCUT2D eigenvalue weighted by molar-refractivity contribution is 6.79. The Morgan fingerprint density at radius 3 is 2.40 bits per heavy atom. The minimum absolute atomic E-state index is 0.00869. The zero-order chi connectivity index (χ0) is 15.0. The van der Waals surface area contributed by atoms with Crippen LogP contribution in [-0.2, 0) is 14.3 Å². The van der Waals surface area contributed by atoms with Gasteiger partial charge in [-0.15, -0.1) is 0 Å². The van der Waals surface area contributed by atoms with Crippen molar-refractivity contribution in [3.63, 3.8) is 0 Å². The van der Waals surface area contributed by atoms with Crippen LogP contribution in [0.1, 0.15) is 46.5 Å². The smallest absolute Gasteiger partial charge is 0.328 e. The van der Waals surface area contributed by atoms with E-state index in [9.17, 15) is 9.59 Å². The third kappa shape index (κ3) is 4.92. The van der Waals surface area contributed by atoms with Crippen molar-refractivity contribution in [3.05, 3.63) is 0 Å². The molecule has 4 nitrogen and oxygen atoms in total. The number of carbonyl (C=O) groups excluding carboxylic acids is 2. The van der Waals surface area contributed by atoms with Crippen LogP contribution in [0.5, 0.6) is 0 Å². The quantitative estimate of drug-likeness (QED) is 0.404. The molecule has 116 valence electrons. The molecule has 0 spiro atoms. The molecular formula is C15H29NO3Si. The lowest BCUT2D eigenvalue weighted by molar-refractivity contribution is -0.141. The minimum atomic E-state index is -1.04. The average Bonchev–Trinajstić information content (AvgIpc) is 2.85. The lowest BCUT2D eigenvalue weighted by atomic mass is 10.2. The molecule has 0 bridgehead atoms. The molecule has 5 heteroatoms. The number of unbranched alkanes of at least 4 members (excludes halogenated alkanes) is 1. The van der Waals surface area contributed by atoms with Gasteiger partial charge in [0, 0.05) is 12.8 Å². The van der Waals surface area contributed by atoms with Gasteiger partial charge in [-0.25, -0.2) is 4.79 Å². The molecule has 1 aliphatic heterocycles. The second-order valence-corrected chi connectivity index (χ2v) is 11.5. The third-order valence-electron chi connectivity index (χ3n) is 4.88. The molecule has 1 N–H and O–H groups in total. The molecule has 0 aliphatic carbocycles. The molecule has 0 radical (unpaired) electrons. The van der Waals surface area contributed by atoms with Gasteiger partial charge in [-0.1, -0.05) is 51.4 Å². The highest BCUT2D eigenvalue weighted by Gasteiger charge is 2.28. The fourth-order valence-corrected chi connectivity index (χ4v) is 6.52. The fraction of sp³-hybridized carbons (Fsp3) is 0.867. The van der Waals surface area contributed by atoms with Gasteiger partial charge in [0.2, 0.25) is 5.91 Å². The van der Waals surface area contributed by atoms with Crippen molar-refractivity contribution in [2.75, 3.05) is 6.61 Å². The number of cyclic esters (lactones) is 1. The molecular weight excluding hydrogens is 270 g/mol. The van der Waals surface area contributed by atoms with E-state index in [4.69, 9.17) is 4.74 Å². The first kappa shape index (κ1) is 17.2. The molecule has 0 aromatic heterocycles. The van der Waals surface area contributed by atoms with Crippen LogP contribution >= 0.6 is 0 Å². The summed E-state index contributed by atoms with van der Waals surface area (Å²) in [6.45, 7) is 7.38. The Bertz CT molecular complexity index is 321. The van der Waals surface area contributed by atoms with Crippen LogP contribution in [0.15, 0.2) is 0 Å². The van der Waals surface area contributed by atoms with E-state index in [0.717, 1.165) is 12.8 Å². The SMILES string of the molecule is CC[Si](CC)(CC)CCCCC(=O)N[C@H]1CCOC1=O. The van der Waals surface area contributed by atoms with Crippen LogP contribution in [0.3, 0.4) is 0 Å². The summed E-state index contributed by atoms with van der Waals surface area (Å²) in [5.41, 5.74) is 0. The van der Waals surface area contributed by atoms with Gasteiger partial charge >= 0.3 is 5.97 Å². The fourth-order valence-electron chi connectivity index (χ4n) is 2.96. The number of nitrogens with one attached hydrogen (secondary N) is 1. The van der Waals surface area contributed by atoms with E-state index >= 15 is 0 Å². The molecule has 1 saturated heterocycles. The molecule has 1 atom stereocenters. The monoisotopic (exact) mass is 299 g/mol. The molecule has 1 amide bonds. The summed E-state index contributed by atoms with van der Waals surface area (Å²) < 4.78 is 4.83. The van der Waals surface area contributed by atoms with E-state index in [0.29, 0.717) is 19.4 Å². The van der Waals surface area contributed by atoms with Gasteiger partial charge in [-0.05, 0) is 6.42 Å². The molecule has 1 rings (SSSR count). The van der Waals surface area contributed by atoms with E-state index in [1.165, 1.54) is 24.2 Å². The summed E-state index contributed by atoms with van der Waals surface area (Å²) in [5, 5.41) is 2.77. The Labute approximate surface area is 123 Å². The average molecular weight is 299 g/mol. The molecule has 0 aromatic rings. The van der Waals surface area contributed by atoms with Crippen molar-refractivity contribution in [1.82, 2.24) is 5.32 Å². The van der Waals surface area contributed by atoms with Crippen LogP contribution in [-0.4, -0.2) is 32.6 Å². The highest BCUT2D eigenvalue weighted by atomic mass is 28.3. The number of hydrogen-bond acceptors (Lipinski definition) is 3. The maximum atomic E-state index is 11.8. The Kier molecular flexibility index (Phi) is 7.27. The van der Waals surface area contributed by atoms with Gasteiger partial charge in [-0.3, -0.25) is 4.79 Å². The van der Waals surface area contributed by atoms with Gasteiger partial charge in [-0.2, -0.15) is 0 Å². The Morgan fingerprint density at radius 2 is 1.90 bits per heavy atom. The summed E-state index contributed by atoms with van der Waals surface area (Å²) >= 11 is 0. The van der Waals surface area contributed by atoms with E-state index < -0.39 is 14.1 Å². The highest BCUT2D eigenvalue weighted by Crippen LogP contribution is 2.27. The zero-order valence-corrected chi connectivity index (χ0v) is 14.2. The number of ether oxygens (including phenoxy) is 1. The maximum absolute atomic E-state index is 11.8. The molecule has 1 fully saturated rings. The molecule has 1 heterocycles. The van der Waals surface area contributed by atoms with Crippen molar-refractivity contribution in [3.8, 4) is 0 Å². The van der Waals surface area contributed by atoms with Gasteiger partial charge in [0.05, 0.1) is 14.7 Å². The number of carbonyl (C=O) groups is 2. The van der Waals surface area contributed by atoms with Crippen LogP contribution in [0.25, 0.3) is 0 Å². The van der Waals surface area contributed by atoms with Crippen molar-refractivity contribution >= 4 is 20.0 Å². The predicted molar refractivity (Wildman–Crippen MR) is 83.4 cm³/mol. The van der Waals surface area contributed by atoms with Crippen LogP contribution in [0, 0.1) is 0 Å². The zero-order valence-electron chi connectivity index (χ0n) is 13.2. The molecule has 0 aromatic carbocycles. The van der Waals surface area contributed by atoms with Crippen LogP contribution in [0.2, 0.25) is 24.2 Å². The lowest BCUT2D eigenvalue weighted by Crippen LogP contribution is -2.37. The van der Waals surface area contributed by atoms with E-state index in [2.05, 4.69) is 26.1 Å². The van der Waals surface area contributed by atoms with E-state index in [1.54, 1.807) is 0 Å². The number of rotatable bonds is 9. The molecule has 20 heavy (non-hydrogen) atoms. The van der Waals surface area contributed by atoms with Crippen molar-refractivity contribution in [2.24, 2.45) is 0 Å². The van der Waals surface area contributed by atoms with Gasteiger partial charge in [0.15, 0.2) is 0 Å². The first-order chi connectivity index (χ1) is 9.56. The summed E-state index contributed by atoms with van der Waals surface area (Å²) in [4.78, 5) is 23.0. The van der Waals surface area contributed by atoms with Gasteiger partial charge in [0.25, 0.3) is 0 Å². The first-order valence-electron chi connectivity index (χ1n) is 8.03. The van der Waals surface area contributed by atoms with E-state index in [-0.39, 0.29) is 11.9 Å². The van der Waals surface area contributed by atoms with Crippen molar-refractivity contribution in [1.29, 1.82) is 0 Å². The largest absolute Gasteiger partial charge is 0.464 e. The number of esters is 1. The topological polar surface area (TPSA) is 55.4 Å². The molecule has 0 unspecified atom stereocenters. The second kappa shape index (κ2) is 8.45. The summed E-state index contributed by atoms with van der Waals surface area (Å²) in [6.07, 6.45) is 3.22. The molecule has 1 aliphatic rings. The Hall–Kier alpha value is -0.843. The summed E-state index contributed by atoms with van der Waals surface area (Å²) in [7, 11) is -1.04. The third-order valence-corrected chi connectivity index (χ3v) is 10.8.